The van der Waals surface area contributed by atoms with E-state index >= 15 is 0 Å². The van der Waals surface area contributed by atoms with Crippen LogP contribution in [0.25, 0.3) is 10.8 Å². The monoisotopic (exact) mass is 287 g/mol. The van der Waals surface area contributed by atoms with Crippen molar-refractivity contribution in [3.05, 3.63) is 42.2 Å². The van der Waals surface area contributed by atoms with Crippen molar-refractivity contribution in [2.75, 3.05) is 6.54 Å². The molecule has 0 saturated heterocycles. The molecule has 3 N–H and O–H groups in total. The van der Waals surface area contributed by atoms with Gasteiger partial charge in [0, 0.05) is 11.6 Å². The molecule has 1 amide bonds. The molecule has 0 fully saturated rings. The molecule has 2 rings (SSSR count). The van der Waals surface area contributed by atoms with Gasteiger partial charge >= 0.3 is 0 Å². The second-order valence-corrected chi connectivity index (χ2v) is 3.46. The number of carbonyl (C=O) groups is 1. The molecule has 0 aliphatic rings. The lowest BCUT2D eigenvalue weighted by Crippen LogP contribution is -2.30. The second-order valence-electron chi connectivity index (χ2n) is 3.46. The van der Waals surface area contributed by atoms with Gasteiger partial charge in [-0.05, 0) is 11.5 Å². The normalized spacial score (nSPS) is 9.17. The third-order valence-electron chi connectivity index (χ3n) is 2.39. The first-order valence-corrected chi connectivity index (χ1v) is 5.10. The fraction of sp³-hybridized carbons (Fsp3) is 0.167. The number of aromatic nitrogens is 1. The summed E-state index contributed by atoms with van der Waals surface area (Å²) in [6.07, 6.45) is 1.74. The van der Waals surface area contributed by atoms with Crippen LogP contribution >= 0.6 is 24.8 Å². The minimum absolute atomic E-state index is 0. The van der Waals surface area contributed by atoms with Crippen molar-refractivity contribution in [2.45, 2.75) is 6.54 Å². The number of hydrogen-bond acceptors (Lipinski definition) is 3. The van der Waals surface area contributed by atoms with Gasteiger partial charge in [-0.1, -0.05) is 24.3 Å². The van der Waals surface area contributed by atoms with Gasteiger partial charge in [0.1, 0.15) is 0 Å². The molecule has 4 nitrogen and oxygen atoms in total. The van der Waals surface area contributed by atoms with E-state index < -0.39 is 0 Å². The van der Waals surface area contributed by atoms with Gasteiger partial charge in [-0.25, -0.2) is 0 Å². The highest BCUT2D eigenvalue weighted by atomic mass is 35.5. The quantitative estimate of drug-likeness (QED) is 0.902. The summed E-state index contributed by atoms with van der Waals surface area (Å²) in [4.78, 5) is 15.3. The number of nitrogens with two attached hydrogens (primary N) is 1. The number of nitrogens with one attached hydrogen (secondary N) is 1. The second kappa shape index (κ2) is 7.87. The molecule has 0 spiro atoms. The van der Waals surface area contributed by atoms with Crippen molar-refractivity contribution in [1.29, 1.82) is 0 Å². The number of hydrogen-bond donors (Lipinski definition) is 2. The molecule has 18 heavy (non-hydrogen) atoms. The van der Waals surface area contributed by atoms with Crippen LogP contribution in [0.1, 0.15) is 5.69 Å². The minimum Gasteiger partial charge on any atom is -0.349 e. The van der Waals surface area contributed by atoms with E-state index in [9.17, 15) is 4.79 Å². The summed E-state index contributed by atoms with van der Waals surface area (Å²) in [5.41, 5.74) is 6.08. The molecule has 0 bridgehead atoms. The van der Waals surface area contributed by atoms with Gasteiger partial charge in [-0.2, -0.15) is 0 Å². The van der Waals surface area contributed by atoms with Crippen LogP contribution < -0.4 is 11.1 Å². The summed E-state index contributed by atoms with van der Waals surface area (Å²) in [6.45, 7) is 0.419. The Balaban J connectivity index is 0.00000144. The van der Waals surface area contributed by atoms with Gasteiger partial charge in [-0.3, -0.25) is 9.78 Å². The van der Waals surface area contributed by atoms with E-state index in [1.807, 2.05) is 30.3 Å². The van der Waals surface area contributed by atoms with Crippen molar-refractivity contribution in [3.8, 4) is 0 Å². The molecule has 2 aromatic rings. The number of amides is 1. The Morgan fingerprint density at radius 1 is 1.22 bits per heavy atom. The molecular formula is C12H15Cl2N3O. The third kappa shape index (κ3) is 3.84. The van der Waals surface area contributed by atoms with E-state index in [2.05, 4.69) is 10.3 Å². The molecule has 1 heterocycles. The Bertz CT molecular complexity index is 514. The molecule has 1 aromatic heterocycles. The lowest BCUT2D eigenvalue weighted by Gasteiger charge is -2.06. The van der Waals surface area contributed by atoms with E-state index in [1.165, 1.54) is 0 Å². The van der Waals surface area contributed by atoms with Crippen molar-refractivity contribution in [3.63, 3.8) is 0 Å². The van der Waals surface area contributed by atoms with Crippen LogP contribution in [0.4, 0.5) is 0 Å². The summed E-state index contributed by atoms with van der Waals surface area (Å²) in [6, 6.07) is 9.89. The summed E-state index contributed by atoms with van der Waals surface area (Å²) in [7, 11) is 0. The smallest absolute Gasteiger partial charge is 0.234 e. The third-order valence-corrected chi connectivity index (χ3v) is 2.39. The van der Waals surface area contributed by atoms with Gasteiger partial charge in [-0.15, -0.1) is 24.8 Å². The maximum Gasteiger partial charge on any atom is 0.234 e. The first kappa shape index (κ1) is 16.6. The van der Waals surface area contributed by atoms with Gasteiger partial charge in [0.25, 0.3) is 0 Å². The number of pyridine rings is 1. The van der Waals surface area contributed by atoms with Crippen molar-refractivity contribution in [2.24, 2.45) is 5.73 Å². The highest BCUT2D eigenvalue weighted by molar-refractivity contribution is 5.86. The molecule has 6 heteroatoms. The fourth-order valence-electron chi connectivity index (χ4n) is 1.58. The van der Waals surface area contributed by atoms with Crippen LogP contribution in [0, 0.1) is 0 Å². The Morgan fingerprint density at radius 2 is 1.94 bits per heavy atom. The zero-order valence-corrected chi connectivity index (χ0v) is 11.3. The zero-order valence-electron chi connectivity index (χ0n) is 9.63. The maximum absolute atomic E-state index is 11.1. The van der Waals surface area contributed by atoms with Crippen LogP contribution in [0.15, 0.2) is 36.5 Å². The standard InChI is InChI=1S/C12H13N3O.2ClH/c13-7-12(16)15-8-11-10-4-2-1-3-9(10)5-6-14-11;;/h1-6H,7-8,13H2,(H,15,16);2*1H. The van der Waals surface area contributed by atoms with Gasteiger partial charge in [0.15, 0.2) is 0 Å². The summed E-state index contributed by atoms with van der Waals surface area (Å²) < 4.78 is 0. The SMILES string of the molecule is Cl.Cl.NCC(=O)NCc1nccc2ccccc12. The minimum atomic E-state index is -0.172. The lowest BCUT2D eigenvalue weighted by molar-refractivity contribution is -0.119. The number of benzene rings is 1. The van der Waals surface area contributed by atoms with Gasteiger partial charge < -0.3 is 11.1 Å². The van der Waals surface area contributed by atoms with Crippen LogP contribution in [-0.4, -0.2) is 17.4 Å². The van der Waals surface area contributed by atoms with Crippen LogP contribution in [-0.2, 0) is 11.3 Å². The molecule has 98 valence electrons. The fourth-order valence-corrected chi connectivity index (χ4v) is 1.58. The van der Waals surface area contributed by atoms with E-state index in [0.717, 1.165) is 16.5 Å². The molecule has 0 aliphatic heterocycles. The average Bonchev–Trinajstić information content (AvgIpc) is 2.35. The first-order chi connectivity index (χ1) is 7.81. The lowest BCUT2D eigenvalue weighted by atomic mass is 10.1. The van der Waals surface area contributed by atoms with Crippen molar-refractivity contribution >= 4 is 41.5 Å². The van der Waals surface area contributed by atoms with Crippen LogP contribution in [0.5, 0.6) is 0 Å². The van der Waals surface area contributed by atoms with E-state index in [4.69, 9.17) is 5.73 Å². The number of halogens is 2. The highest BCUT2D eigenvalue weighted by Crippen LogP contribution is 2.15. The molecule has 0 aliphatic carbocycles. The maximum atomic E-state index is 11.1. The van der Waals surface area contributed by atoms with Crippen molar-refractivity contribution in [1.82, 2.24) is 10.3 Å². The average molecular weight is 288 g/mol. The zero-order chi connectivity index (χ0) is 11.4. The number of nitrogens with zero attached hydrogens (tertiary/aromatic N) is 1. The molecular weight excluding hydrogens is 273 g/mol. The number of rotatable bonds is 3. The van der Waals surface area contributed by atoms with Gasteiger partial charge in [0.05, 0.1) is 18.8 Å². The van der Waals surface area contributed by atoms with E-state index in [-0.39, 0.29) is 37.3 Å². The van der Waals surface area contributed by atoms with Crippen LogP contribution in [0.2, 0.25) is 0 Å². The number of carbonyl (C=O) groups excluding carboxylic acids is 1. The molecule has 1 aromatic carbocycles. The predicted octanol–water partition coefficient (Wildman–Crippen LogP) is 1.65. The largest absolute Gasteiger partial charge is 0.349 e. The Kier molecular flexibility index (Phi) is 7.27. The Labute approximate surface area is 118 Å². The molecule has 0 atom stereocenters. The first-order valence-electron chi connectivity index (χ1n) is 5.10. The summed E-state index contributed by atoms with van der Waals surface area (Å²) >= 11 is 0. The molecule has 0 radical (unpaired) electrons. The van der Waals surface area contributed by atoms with Crippen LogP contribution in [0.3, 0.4) is 0 Å². The molecule has 0 saturated carbocycles. The molecule has 0 unspecified atom stereocenters. The Hall–Kier alpha value is -1.36. The Morgan fingerprint density at radius 3 is 2.67 bits per heavy atom. The summed E-state index contributed by atoms with van der Waals surface area (Å²) in [5, 5.41) is 4.89. The van der Waals surface area contributed by atoms with Crippen molar-refractivity contribution < 1.29 is 4.79 Å². The highest BCUT2D eigenvalue weighted by Gasteiger charge is 2.03. The van der Waals surface area contributed by atoms with E-state index in [1.54, 1.807) is 6.20 Å². The summed E-state index contributed by atoms with van der Waals surface area (Å²) in [5.74, 6) is -0.172. The predicted molar refractivity (Wildman–Crippen MR) is 77.1 cm³/mol. The number of fused-ring (bicyclic) bond motifs is 1. The topological polar surface area (TPSA) is 68.0 Å². The van der Waals surface area contributed by atoms with E-state index in [0.29, 0.717) is 6.54 Å². The van der Waals surface area contributed by atoms with Gasteiger partial charge in [0.2, 0.25) is 5.91 Å².